The van der Waals surface area contributed by atoms with E-state index in [0.717, 1.165) is 39.1 Å². The highest BCUT2D eigenvalue weighted by Gasteiger charge is 2.12. The van der Waals surface area contributed by atoms with Crippen molar-refractivity contribution in [3.8, 4) is 0 Å². The van der Waals surface area contributed by atoms with E-state index in [1.165, 1.54) is 11.3 Å². The van der Waals surface area contributed by atoms with Gasteiger partial charge in [0.25, 0.3) is 0 Å². The lowest BCUT2D eigenvalue weighted by Gasteiger charge is -2.27. The Kier molecular flexibility index (Phi) is 4.51. The maximum atomic E-state index is 4.54. The molecule has 0 radical (unpaired) electrons. The van der Waals surface area contributed by atoms with E-state index in [-0.39, 0.29) is 0 Å². The minimum atomic E-state index is 0.673. The molecule has 94 valence electrons. The van der Waals surface area contributed by atoms with Crippen molar-refractivity contribution in [2.45, 2.75) is 26.8 Å². The SMILES string of the molecule is CC(C)Cc1ncccc1CN1CCNCC1. The molecule has 0 unspecified atom stereocenters. The zero-order valence-corrected chi connectivity index (χ0v) is 10.9. The Bertz CT molecular complexity index is 343. The number of aromatic nitrogens is 1. The first-order valence-corrected chi connectivity index (χ1v) is 6.61. The molecule has 1 aromatic rings. The van der Waals surface area contributed by atoms with Gasteiger partial charge >= 0.3 is 0 Å². The average Bonchev–Trinajstić information content (AvgIpc) is 2.32. The molecule has 1 aromatic heterocycles. The van der Waals surface area contributed by atoms with Gasteiger partial charge in [-0.05, 0) is 24.0 Å². The summed E-state index contributed by atoms with van der Waals surface area (Å²) in [6, 6.07) is 4.29. The van der Waals surface area contributed by atoms with E-state index in [1.54, 1.807) is 0 Å². The minimum Gasteiger partial charge on any atom is -0.314 e. The lowest BCUT2D eigenvalue weighted by atomic mass is 10.0. The van der Waals surface area contributed by atoms with Crippen molar-refractivity contribution >= 4 is 0 Å². The van der Waals surface area contributed by atoms with Gasteiger partial charge in [0.1, 0.15) is 0 Å². The first-order valence-electron chi connectivity index (χ1n) is 6.61. The summed E-state index contributed by atoms with van der Waals surface area (Å²) in [5, 5.41) is 3.39. The molecule has 0 bridgehead atoms. The third-order valence-corrected chi connectivity index (χ3v) is 3.19. The highest BCUT2D eigenvalue weighted by Crippen LogP contribution is 2.13. The molecule has 0 aliphatic carbocycles. The quantitative estimate of drug-likeness (QED) is 0.857. The van der Waals surface area contributed by atoms with Gasteiger partial charge in [0.2, 0.25) is 0 Å². The molecule has 1 aliphatic rings. The largest absolute Gasteiger partial charge is 0.314 e. The summed E-state index contributed by atoms with van der Waals surface area (Å²) in [6.45, 7) is 10.1. The molecule has 0 amide bonds. The van der Waals surface area contributed by atoms with Crippen molar-refractivity contribution in [1.82, 2.24) is 15.2 Å². The van der Waals surface area contributed by atoms with Crippen LogP contribution in [0.4, 0.5) is 0 Å². The van der Waals surface area contributed by atoms with Crippen LogP contribution in [0, 0.1) is 5.92 Å². The fraction of sp³-hybridized carbons (Fsp3) is 0.643. The lowest BCUT2D eigenvalue weighted by Crippen LogP contribution is -2.43. The molecule has 2 heterocycles. The second kappa shape index (κ2) is 6.12. The van der Waals surface area contributed by atoms with Crippen LogP contribution in [0.25, 0.3) is 0 Å². The van der Waals surface area contributed by atoms with Crippen LogP contribution in [-0.4, -0.2) is 36.1 Å². The zero-order chi connectivity index (χ0) is 12.1. The van der Waals surface area contributed by atoms with Crippen molar-refractivity contribution in [3.63, 3.8) is 0 Å². The van der Waals surface area contributed by atoms with Crippen LogP contribution in [0.5, 0.6) is 0 Å². The molecule has 2 rings (SSSR count). The Balaban J connectivity index is 2.03. The molecular weight excluding hydrogens is 210 g/mol. The Morgan fingerprint density at radius 1 is 1.35 bits per heavy atom. The molecule has 3 heteroatoms. The number of hydrogen-bond donors (Lipinski definition) is 1. The van der Waals surface area contributed by atoms with Crippen LogP contribution in [-0.2, 0) is 13.0 Å². The van der Waals surface area contributed by atoms with Gasteiger partial charge in [-0.1, -0.05) is 19.9 Å². The Morgan fingerprint density at radius 2 is 2.12 bits per heavy atom. The van der Waals surface area contributed by atoms with Gasteiger partial charge in [-0.3, -0.25) is 9.88 Å². The zero-order valence-electron chi connectivity index (χ0n) is 10.9. The standard InChI is InChI=1S/C14H23N3/c1-12(2)10-14-13(4-3-5-16-14)11-17-8-6-15-7-9-17/h3-5,12,15H,6-11H2,1-2H3. The lowest BCUT2D eigenvalue weighted by molar-refractivity contribution is 0.232. The Morgan fingerprint density at radius 3 is 2.82 bits per heavy atom. The van der Waals surface area contributed by atoms with E-state index in [9.17, 15) is 0 Å². The minimum absolute atomic E-state index is 0.673. The van der Waals surface area contributed by atoms with Crippen molar-refractivity contribution in [2.24, 2.45) is 5.92 Å². The summed E-state index contributed by atoms with van der Waals surface area (Å²) < 4.78 is 0. The van der Waals surface area contributed by atoms with Crippen LogP contribution in [0.2, 0.25) is 0 Å². The second-order valence-corrected chi connectivity index (χ2v) is 5.23. The van der Waals surface area contributed by atoms with Crippen molar-refractivity contribution in [1.29, 1.82) is 0 Å². The molecule has 1 aliphatic heterocycles. The number of nitrogens with one attached hydrogen (secondary N) is 1. The van der Waals surface area contributed by atoms with Crippen LogP contribution in [0.15, 0.2) is 18.3 Å². The van der Waals surface area contributed by atoms with Gasteiger partial charge in [-0.15, -0.1) is 0 Å². The summed E-state index contributed by atoms with van der Waals surface area (Å²) in [5.74, 6) is 0.673. The van der Waals surface area contributed by atoms with Gasteiger partial charge in [0, 0.05) is 44.6 Å². The molecule has 17 heavy (non-hydrogen) atoms. The van der Waals surface area contributed by atoms with Crippen molar-refractivity contribution in [2.75, 3.05) is 26.2 Å². The average molecular weight is 233 g/mol. The van der Waals surface area contributed by atoms with Gasteiger partial charge < -0.3 is 5.32 Å². The van der Waals surface area contributed by atoms with E-state index in [4.69, 9.17) is 0 Å². The highest BCUT2D eigenvalue weighted by molar-refractivity contribution is 5.20. The molecule has 1 saturated heterocycles. The molecule has 0 saturated carbocycles. The molecule has 0 atom stereocenters. The fourth-order valence-corrected chi connectivity index (χ4v) is 2.30. The first kappa shape index (κ1) is 12.5. The third-order valence-electron chi connectivity index (χ3n) is 3.19. The third kappa shape index (κ3) is 3.79. The van der Waals surface area contributed by atoms with Crippen LogP contribution in [0.3, 0.4) is 0 Å². The van der Waals surface area contributed by atoms with Gasteiger partial charge in [-0.2, -0.15) is 0 Å². The normalized spacial score (nSPS) is 17.6. The predicted molar refractivity (Wildman–Crippen MR) is 70.9 cm³/mol. The summed E-state index contributed by atoms with van der Waals surface area (Å²) >= 11 is 0. The monoisotopic (exact) mass is 233 g/mol. The molecule has 1 N–H and O–H groups in total. The summed E-state index contributed by atoms with van der Waals surface area (Å²) in [7, 11) is 0. The number of hydrogen-bond acceptors (Lipinski definition) is 3. The molecular formula is C14H23N3. The number of pyridine rings is 1. The number of nitrogens with zero attached hydrogens (tertiary/aromatic N) is 2. The van der Waals surface area contributed by atoms with Crippen LogP contribution < -0.4 is 5.32 Å². The summed E-state index contributed by atoms with van der Waals surface area (Å²) in [4.78, 5) is 7.05. The highest BCUT2D eigenvalue weighted by atomic mass is 15.2. The van der Waals surface area contributed by atoms with E-state index >= 15 is 0 Å². The fourth-order valence-electron chi connectivity index (χ4n) is 2.30. The smallest absolute Gasteiger partial charge is 0.0451 e. The maximum absolute atomic E-state index is 4.54. The van der Waals surface area contributed by atoms with Gasteiger partial charge in [0.15, 0.2) is 0 Å². The van der Waals surface area contributed by atoms with E-state index in [1.807, 2.05) is 6.20 Å². The summed E-state index contributed by atoms with van der Waals surface area (Å²) in [5.41, 5.74) is 2.68. The number of rotatable bonds is 4. The number of piperazine rings is 1. The second-order valence-electron chi connectivity index (χ2n) is 5.23. The Labute approximate surface area is 104 Å². The predicted octanol–water partition coefficient (Wildman–Crippen LogP) is 1.69. The first-order chi connectivity index (χ1) is 8.25. The molecule has 3 nitrogen and oxygen atoms in total. The molecule has 1 fully saturated rings. The van der Waals surface area contributed by atoms with Crippen LogP contribution >= 0.6 is 0 Å². The molecule has 0 aromatic carbocycles. The van der Waals surface area contributed by atoms with E-state index in [2.05, 4.69) is 41.2 Å². The van der Waals surface area contributed by atoms with E-state index in [0.29, 0.717) is 5.92 Å². The molecule has 0 spiro atoms. The van der Waals surface area contributed by atoms with Gasteiger partial charge in [-0.25, -0.2) is 0 Å². The Hall–Kier alpha value is -0.930. The van der Waals surface area contributed by atoms with Crippen molar-refractivity contribution in [3.05, 3.63) is 29.6 Å². The summed E-state index contributed by atoms with van der Waals surface area (Å²) in [6.07, 6.45) is 3.00. The van der Waals surface area contributed by atoms with Crippen LogP contribution in [0.1, 0.15) is 25.1 Å². The van der Waals surface area contributed by atoms with Crippen molar-refractivity contribution < 1.29 is 0 Å². The van der Waals surface area contributed by atoms with Gasteiger partial charge in [0.05, 0.1) is 0 Å². The topological polar surface area (TPSA) is 28.2 Å². The van der Waals surface area contributed by atoms with E-state index < -0.39 is 0 Å². The maximum Gasteiger partial charge on any atom is 0.0451 e.